The van der Waals surface area contributed by atoms with Gasteiger partial charge >= 0.3 is 5.97 Å². The first kappa shape index (κ1) is 13.7. The van der Waals surface area contributed by atoms with Crippen LogP contribution >= 0.6 is 0 Å². The summed E-state index contributed by atoms with van der Waals surface area (Å²) in [5.41, 5.74) is 5.76. The summed E-state index contributed by atoms with van der Waals surface area (Å²) in [6.07, 6.45) is 0.869. The highest BCUT2D eigenvalue weighted by Gasteiger charge is 2.24. The van der Waals surface area contributed by atoms with Gasteiger partial charge in [0.05, 0.1) is 18.2 Å². The first-order chi connectivity index (χ1) is 8.32. The average molecular weight is 254 g/mol. The third kappa shape index (κ3) is 3.06. The highest BCUT2D eigenvalue weighted by molar-refractivity contribution is 5.98. The van der Waals surface area contributed by atoms with Gasteiger partial charge in [-0.25, -0.2) is 4.79 Å². The Morgan fingerprint density at radius 3 is 2.56 bits per heavy atom. The zero-order valence-corrected chi connectivity index (χ0v) is 10.0. The van der Waals surface area contributed by atoms with Gasteiger partial charge in [-0.3, -0.25) is 14.3 Å². The number of primary amides is 1. The molecule has 0 saturated heterocycles. The number of nitrogens with two attached hydrogens (primary N) is 1. The van der Waals surface area contributed by atoms with E-state index in [0.29, 0.717) is 5.69 Å². The van der Waals surface area contributed by atoms with Crippen LogP contribution in [0.2, 0.25) is 0 Å². The molecule has 1 rings (SSSR count). The maximum atomic E-state index is 11.8. The summed E-state index contributed by atoms with van der Waals surface area (Å²) in [5, 5.41) is 14.9. The number of carboxylic acid groups (broad SMARTS) is 1. The first-order valence-corrected chi connectivity index (χ1v) is 5.13. The lowest BCUT2D eigenvalue weighted by Gasteiger charge is -2.12. The van der Waals surface area contributed by atoms with E-state index in [4.69, 9.17) is 10.8 Å². The molecular weight excluding hydrogens is 240 g/mol. The molecule has 0 radical (unpaired) electrons. The molecule has 0 saturated carbocycles. The van der Waals surface area contributed by atoms with Crippen molar-refractivity contribution >= 4 is 17.8 Å². The summed E-state index contributed by atoms with van der Waals surface area (Å²) < 4.78 is 1.48. The molecule has 18 heavy (non-hydrogen) atoms. The van der Waals surface area contributed by atoms with Crippen LogP contribution in [0, 0.1) is 6.92 Å². The molecule has 8 nitrogen and oxygen atoms in total. The Hall–Kier alpha value is -2.38. The van der Waals surface area contributed by atoms with Gasteiger partial charge in [0.25, 0.3) is 5.91 Å². The molecule has 1 aromatic rings. The van der Waals surface area contributed by atoms with Crippen LogP contribution < -0.4 is 11.1 Å². The minimum atomic E-state index is -1.34. The van der Waals surface area contributed by atoms with Crippen LogP contribution in [0.25, 0.3) is 0 Å². The molecule has 1 atom stereocenters. The number of nitrogens with one attached hydrogen (secondary N) is 1. The van der Waals surface area contributed by atoms with E-state index in [1.54, 1.807) is 14.0 Å². The van der Waals surface area contributed by atoms with Gasteiger partial charge in [-0.2, -0.15) is 5.10 Å². The highest BCUT2D eigenvalue weighted by atomic mass is 16.4. The van der Waals surface area contributed by atoms with Crippen molar-refractivity contribution in [2.45, 2.75) is 19.4 Å². The van der Waals surface area contributed by atoms with Crippen LogP contribution in [-0.2, 0) is 16.6 Å². The van der Waals surface area contributed by atoms with E-state index in [0.717, 1.165) is 0 Å². The molecule has 0 unspecified atom stereocenters. The number of nitrogens with zero attached hydrogens (tertiary/aromatic N) is 2. The van der Waals surface area contributed by atoms with Crippen molar-refractivity contribution in [1.29, 1.82) is 0 Å². The second kappa shape index (κ2) is 5.30. The number of aryl methyl sites for hydroxylation is 1. The molecule has 2 amide bonds. The summed E-state index contributed by atoms with van der Waals surface area (Å²) in [7, 11) is 1.66. The molecule has 0 spiro atoms. The Labute approximate surface area is 103 Å². The maximum Gasteiger partial charge on any atom is 0.326 e. The average Bonchev–Trinajstić information content (AvgIpc) is 2.58. The van der Waals surface area contributed by atoms with Crippen molar-refractivity contribution in [3.63, 3.8) is 0 Å². The molecular formula is C10H14N4O4. The van der Waals surface area contributed by atoms with Gasteiger partial charge in [0.15, 0.2) is 0 Å². The van der Waals surface area contributed by atoms with Gasteiger partial charge in [0.2, 0.25) is 5.91 Å². The summed E-state index contributed by atoms with van der Waals surface area (Å²) in [6.45, 7) is 1.67. The number of hydrogen-bond donors (Lipinski definition) is 3. The van der Waals surface area contributed by atoms with Crippen LogP contribution in [0.15, 0.2) is 6.20 Å². The van der Waals surface area contributed by atoms with Crippen molar-refractivity contribution < 1.29 is 19.5 Å². The maximum absolute atomic E-state index is 11.8. The Kier molecular flexibility index (Phi) is 4.03. The largest absolute Gasteiger partial charge is 0.480 e. The molecule has 1 heterocycles. The van der Waals surface area contributed by atoms with Gasteiger partial charge in [0.1, 0.15) is 6.04 Å². The van der Waals surface area contributed by atoms with Crippen LogP contribution in [-0.4, -0.2) is 38.7 Å². The Morgan fingerprint density at radius 2 is 2.17 bits per heavy atom. The number of hydrogen-bond acceptors (Lipinski definition) is 4. The zero-order valence-electron chi connectivity index (χ0n) is 10.0. The van der Waals surface area contributed by atoms with E-state index >= 15 is 0 Å². The molecule has 0 fully saturated rings. The number of carboxylic acids is 1. The summed E-state index contributed by atoms with van der Waals surface area (Å²) >= 11 is 0. The Balaban J connectivity index is 2.82. The third-order valence-electron chi connectivity index (χ3n) is 2.49. The second-order valence-corrected chi connectivity index (χ2v) is 3.80. The molecule has 1 aromatic heterocycles. The van der Waals surface area contributed by atoms with Crippen LogP contribution in [0.5, 0.6) is 0 Å². The number of carbonyl (C=O) groups excluding carboxylic acids is 2. The second-order valence-electron chi connectivity index (χ2n) is 3.80. The van der Waals surface area contributed by atoms with Crippen molar-refractivity contribution in [3.05, 3.63) is 17.5 Å². The van der Waals surface area contributed by atoms with Crippen molar-refractivity contribution in [2.75, 3.05) is 0 Å². The van der Waals surface area contributed by atoms with Gasteiger partial charge < -0.3 is 16.2 Å². The summed E-state index contributed by atoms with van der Waals surface area (Å²) in [4.78, 5) is 33.3. The highest BCUT2D eigenvalue weighted by Crippen LogP contribution is 2.06. The summed E-state index contributed by atoms with van der Waals surface area (Å²) in [6, 6.07) is -1.34. The fraction of sp³-hybridized carbons (Fsp3) is 0.400. The van der Waals surface area contributed by atoms with Gasteiger partial charge in [-0.1, -0.05) is 0 Å². The van der Waals surface area contributed by atoms with Crippen LogP contribution in [0.4, 0.5) is 0 Å². The quantitative estimate of drug-likeness (QED) is 0.607. The lowest BCUT2D eigenvalue weighted by Crippen LogP contribution is -2.43. The SMILES string of the molecule is Cc1c(C(=O)N[C@H](CC(N)=O)C(=O)O)cnn1C. The fourth-order valence-corrected chi connectivity index (χ4v) is 1.36. The number of carbonyl (C=O) groups is 3. The molecule has 4 N–H and O–H groups in total. The van der Waals surface area contributed by atoms with Crippen LogP contribution in [0.3, 0.4) is 0 Å². The van der Waals surface area contributed by atoms with E-state index in [9.17, 15) is 14.4 Å². The smallest absolute Gasteiger partial charge is 0.326 e. The lowest BCUT2D eigenvalue weighted by molar-refractivity contribution is -0.140. The topological polar surface area (TPSA) is 127 Å². The predicted molar refractivity (Wildman–Crippen MR) is 60.6 cm³/mol. The normalized spacial score (nSPS) is 11.9. The van der Waals surface area contributed by atoms with E-state index in [1.807, 2.05) is 0 Å². The number of aliphatic carboxylic acids is 1. The third-order valence-corrected chi connectivity index (χ3v) is 2.49. The van der Waals surface area contributed by atoms with Crippen LogP contribution in [0.1, 0.15) is 22.5 Å². The molecule has 0 bridgehead atoms. The van der Waals surface area contributed by atoms with E-state index in [-0.39, 0.29) is 5.56 Å². The van der Waals surface area contributed by atoms with Crippen molar-refractivity contribution in [3.8, 4) is 0 Å². The Morgan fingerprint density at radius 1 is 1.56 bits per heavy atom. The van der Waals surface area contributed by atoms with Gasteiger partial charge in [-0.15, -0.1) is 0 Å². The molecule has 0 aliphatic heterocycles. The minimum absolute atomic E-state index is 0.258. The standard InChI is InChI=1S/C10H14N4O4/c1-5-6(4-12-14(5)2)9(16)13-7(10(17)18)3-8(11)15/h4,7H,3H2,1-2H3,(H2,11,15)(H,13,16)(H,17,18)/t7-/m1/s1. The lowest BCUT2D eigenvalue weighted by atomic mass is 10.1. The fourth-order valence-electron chi connectivity index (χ4n) is 1.36. The van der Waals surface area contributed by atoms with Crippen molar-refractivity contribution in [2.24, 2.45) is 12.8 Å². The van der Waals surface area contributed by atoms with Gasteiger partial charge in [0, 0.05) is 12.7 Å². The molecule has 8 heteroatoms. The van der Waals surface area contributed by atoms with E-state index < -0.39 is 30.2 Å². The first-order valence-electron chi connectivity index (χ1n) is 5.13. The van der Waals surface area contributed by atoms with E-state index in [1.165, 1.54) is 10.9 Å². The Bertz CT molecular complexity index is 494. The molecule has 0 aromatic carbocycles. The van der Waals surface area contributed by atoms with Crippen molar-refractivity contribution in [1.82, 2.24) is 15.1 Å². The van der Waals surface area contributed by atoms with E-state index in [2.05, 4.69) is 10.4 Å². The monoisotopic (exact) mass is 254 g/mol. The van der Waals surface area contributed by atoms with Gasteiger partial charge in [-0.05, 0) is 6.92 Å². The molecule has 0 aliphatic rings. The predicted octanol–water partition coefficient (Wildman–Crippen LogP) is -1.21. The number of rotatable bonds is 5. The molecule has 0 aliphatic carbocycles. The summed E-state index contributed by atoms with van der Waals surface area (Å²) in [5.74, 6) is -2.72. The molecule has 98 valence electrons. The number of aromatic nitrogens is 2. The zero-order chi connectivity index (χ0) is 13.9. The minimum Gasteiger partial charge on any atom is -0.480 e. The number of amides is 2.